The van der Waals surface area contributed by atoms with Crippen LogP contribution in [0.15, 0.2) is 35.2 Å². The monoisotopic (exact) mass is 323 g/mol. The molecule has 0 aromatic heterocycles. The maximum atomic E-state index is 8.37. The van der Waals surface area contributed by atoms with Crippen molar-refractivity contribution in [2.24, 2.45) is 11.5 Å². The molecule has 0 radical (unpaired) electrons. The van der Waals surface area contributed by atoms with Crippen molar-refractivity contribution < 1.29 is 0 Å². The topological polar surface area (TPSA) is 126 Å². The highest BCUT2D eigenvalue weighted by Gasteiger charge is 2.22. The summed E-state index contributed by atoms with van der Waals surface area (Å²) in [7, 11) is 0. The number of hydrogen-bond donors (Lipinski definition) is 6. The number of rotatable bonds is 0. The molecule has 5 nitrogen and oxygen atoms in total. The number of nitrogens with one attached hydrogen (secondary N) is 2. The number of benzene rings is 2. The van der Waals surface area contributed by atoms with Crippen molar-refractivity contribution in [3.05, 3.63) is 58.1 Å². The molecule has 2 aromatic carbocycles. The van der Waals surface area contributed by atoms with E-state index >= 15 is 0 Å². The minimum atomic E-state index is 0.117. The molecule has 23 heavy (non-hydrogen) atoms. The lowest BCUT2D eigenvalue weighted by molar-refractivity contribution is 1.31. The van der Waals surface area contributed by atoms with Crippen molar-refractivity contribution in [2.75, 3.05) is 5.73 Å². The van der Waals surface area contributed by atoms with Crippen LogP contribution in [0.1, 0.15) is 27.8 Å². The van der Waals surface area contributed by atoms with Gasteiger partial charge in [-0.1, -0.05) is 12.1 Å². The highest BCUT2D eigenvalue weighted by atomic mass is 32.1. The summed E-state index contributed by atoms with van der Waals surface area (Å²) < 4.78 is 0. The van der Waals surface area contributed by atoms with Crippen molar-refractivity contribution >= 4 is 41.1 Å². The van der Waals surface area contributed by atoms with Crippen LogP contribution in [-0.4, -0.2) is 11.4 Å². The predicted molar refractivity (Wildman–Crippen MR) is 98.1 cm³/mol. The van der Waals surface area contributed by atoms with Gasteiger partial charge in [-0.05, 0) is 30.7 Å². The fourth-order valence-electron chi connectivity index (χ4n) is 2.83. The molecule has 4 bridgehead atoms. The Kier molecular flexibility index (Phi) is 3.41. The van der Waals surface area contributed by atoms with Crippen molar-refractivity contribution in [3.8, 4) is 0 Å². The summed E-state index contributed by atoms with van der Waals surface area (Å²) in [6, 6.07) is 8.67. The third-order valence-electron chi connectivity index (χ3n) is 4.15. The van der Waals surface area contributed by atoms with Gasteiger partial charge in [-0.25, -0.2) is 0 Å². The van der Waals surface area contributed by atoms with E-state index in [1.807, 2.05) is 6.92 Å². The number of anilines is 1. The molecule has 3 rings (SSSR count). The van der Waals surface area contributed by atoms with Crippen molar-refractivity contribution in [2.45, 2.75) is 11.8 Å². The van der Waals surface area contributed by atoms with Crippen LogP contribution >= 0.6 is 12.6 Å². The normalized spacial score (nSPS) is 14.2. The van der Waals surface area contributed by atoms with Crippen molar-refractivity contribution in [3.63, 3.8) is 0 Å². The first-order valence-electron chi connectivity index (χ1n) is 6.99. The van der Waals surface area contributed by atoms with Crippen LogP contribution in [0, 0.1) is 17.7 Å². The Morgan fingerprint density at radius 3 is 2.26 bits per heavy atom. The van der Waals surface area contributed by atoms with Gasteiger partial charge in [-0.2, -0.15) is 0 Å². The van der Waals surface area contributed by atoms with Crippen LogP contribution in [0.3, 0.4) is 0 Å². The van der Waals surface area contributed by atoms with Crippen LogP contribution in [0.5, 0.6) is 0 Å². The van der Waals surface area contributed by atoms with Gasteiger partial charge in [0.25, 0.3) is 0 Å². The quantitative estimate of drug-likeness (QED) is 0.329. The third kappa shape index (κ3) is 2.19. The van der Waals surface area contributed by atoms with Gasteiger partial charge in [0.2, 0.25) is 0 Å². The van der Waals surface area contributed by atoms with Crippen molar-refractivity contribution in [1.29, 1.82) is 10.8 Å². The van der Waals surface area contributed by atoms with E-state index in [9.17, 15) is 0 Å². The van der Waals surface area contributed by atoms with Crippen LogP contribution < -0.4 is 17.2 Å². The average molecular weight is 323 g/mol. The number of thiol groups is 1. The van der Waals surface area contributed by atoms with E-state index in [0.717, 1.165) is 5.56 Å². The second-order valence-corrected chi connectivity index (χ2v) is 5.99. The third-order valence-corrected chi connectivity index (χ3v) is 4.54. The van der Waals surface area contributed by atoms with Gasteiger partial charge >= 0.3 is 0 Å². The summed E-state index contributed by atoms with van der Waals surface area (Å²) in [5.74, 6) is 0. The minimum absolute atomic E-state index is 0.117. The minimum Gasteiger partial charge on any atom is -0.398 e. The van der Waals surface area contributed by atoms with E-state index in [1.165, 1.54) is 0 Å². The van der Waals surface area contributed by atoms with E-state index in [4.69, 9.17) is 28.0 Å². The van der Waals surface area contributed by atoms with E-state index in [0.29, 0.717) is 44.2 Å². The summed E-state index contributed by atoms with van der Waals surface area (Å²) in [4.78, 5) is 0.654. The molecule has 0 spiro atoms. The molecule has 0 unspecified atom stereocenters. The molecule has 0 atom stereocenters. The molecule has 0 amide bonds. The van der Waals surface area contributed by atoms with Crippen LogP contribution in [0.4, 0.5) is 5.69 Å². The summed E-state index contributed by atoms with van der Waals surface area (Å²) in [6.45, 7) is 1.83. The fourth-order valence-corrected chi connectivity index (χ4v) is 3.09. The highest BCUT2D eigenvalue weighted by Crippen LogP contribution is 2.32. The Labute approximate surface area is 139 Å². The van der Waals surface area contributed by atoms with Gasteiger partial charge < -0.3 is 17.2 Å². The Morgan fingerprint density at radius 1 is 0.870 bits per heavy atom. The second-order valence-electron chi connectivity index (χ2n) is 5.51. The Morgan fingerprint density at radius 2 is 1.57 bits per heavy atom. The number of nitrogen functional groups attached to an aromatic ring is 1. The second kappa shape index (κ2) is 5.17. The van der Waals surface area contributed by atoms with Crippen LogP contribution in [-0.2, 0) is 0 Å². The van der Waals surface area contributed by atoms with Gasteiger partial charge in [0, 0.05) is 32.8 Å². The van der Waals surface area contributed by atoms with Crippen LogP contribution in [0.2, 0.25) is 0 Å². The number of nitrogens with two attached hydrogens (primary N) is 3. The molecule has 0 saturated heterocycles. The lowest BCUT2D eigenvalue weighted by Crippen LogP contribution is -2.20. The smallest absolute Gasteiger partial charge is 0.0870 e. The standard InChI is InChI=1S/C17H17N5S/c1-7-9-3-4-11(18)13(7)17(22)16(21)10-6-8(2-5-12(10)23)14(19)15(9)20/h2-6,19-20,23H,18,21-22H2,1H3. The maximum Gasteiger partial charge on any atom is 0.0870 e. The van der Waals surface area contributed by atoms with Crippen LogP contribution in [0.25, 0.3) is 11.4 Å². The first kappa shape index (κ1) is 15.2. The van der Waals surface area contributed by atoms with E-state index in [-0.39, 0.29) is 11.4 Å². The molecule has 6 heteroatoms. The highest BCUT2D eigenvalue weighted by molar-refractivity contribution is 7.80. The van der Waals surface area contributed by atoms with E-state index in [2.05, 4.69) is 12.6 Å². The lowest BCUT2D eigenvalue weighted by atomic mass is 9.88. The van der Waals surface area contributed by atoms with E-state index in [1.54, 1.807) is 30.3 Å². The Bertz CT molecular complexity index is 911. The summed E-state index contributed by atoms with van der Waals surface area (Å²) in [5.41, 5.74) is 23.3. The molecule has 0 saturated carbocycles. The van der Waals surface area contributed by atoms with Gasteiger partial charge in [-0.3, -0.25) is 10.8 Å². The molecule has 0 heterocycles. The molecule has 1 aliphatic carbocycles. The first-order chi connectivity index (χ1) is 10.8. The predicted octanol–water partition coefficient (Wildman–Crippen LogP) is 2.36. The largest absolute Gasteiger partial charge is 0.398 e. The molecule has 116 valence electrons. The van der Waals surface area contributed by atoms with Gasteiger partial charge in [0.05, 0.1) is 22.8 Å². The maximum absolute atomic E-state index is 8.37. The number of hydrogen-bond acceptors (Lipinski definition) is 6. The molecule has 0 fully saturated rings. The Hall–Kier alpha value is -2.73. The zero-order chi connectivity index (χ0) is 16.9. The SMILES string of the molecule is Cc1c2ccc(N)c1C(N)=C(N)c1cc(ccc1S)C(=N)C2=N. The fraction of sp³-hybridized carbons (Fsp3) is 0.0588. The summed E-state index contributed by atoms with van der Waals surface area (Å²) in [6.07, 6.45) is 0. The molecular weight excluding hydrogens is 306 g/mol. The summed E-state index contributed by atoms with van der Waals surface area (Å²) >= 11 is 4.42. The van der Waals surface area contributed by atoms with Gasteiger partial charge in [-0.15, -0.1) is 12.6 Å². The van der Waals surface area contributed by atoms with Gasteiger partial charge in [0.15, 0.2) is 0 Å². The molecule has 8 N–H and O–H groups in total. The number of fused-ring (bicyclic) bond motifs is 4. The first-order valence-corrected chi connectivity index (χ1v) is 7.44. The molecule has 1 aliphatic rings. The lowest BCUT2D eigenvalue weighted by Gasteiger charge is -2.20. The van der Waals surface area contributed by atoms with Gasteiger partial charge in [0.1, 0.15) is 0 Å². The van der Waals surface area contributed by atoms with E-state index < -0.39 is 0 Å². The Balaban J connectivity index is 2.50. The molecular formula is C17H17N5S. The molecule has 0 aliphatic heterocycles. The summed E-state index contributed by atoms with van der Waals surface area (Å²) in [5, 5.41) is 16.7. The van der Waals surface area contributed by atoms with Crippen molar-refractivity contribution in [1.82, 2.24) is 0 Å². The average Bonchev–Trinajstić information content (AvgIpc) is 2.52. The zero-order valence-electron chi connectivity index (χ0n) is 12.6. The molecule has 2 aromatic rings. The zero-order valence-corrected chi connectivity index (χ0v) is 13.5.